The summed E-state index contributed by atoms with van der Waals surface area (Å²) in [6.45, 7) is 0.798. The van der Waals surface area contributed by atoms with Gasteiger partial charge in [0.1, 0.15) is 12.0 Å². The minimum atomic E-state index is -0.647. The van der Waals surface area contributed by atoms with Gasteiger partial charge in [0.2, 0.25) is 0 Å². The maximum absolute atomic E-state index is 11.6. The second kappa shape index (κ2) is 7.65. The van der Waals surface area contributed by atoms with Crippen LogP contribution in [0.5, 0.6) is 0 Å². The Morgan fingerprint density at radius 1 is 1.03 bits per heavy atom. The molecule has 0 amide bonds. The molecule has 168 valence electrons. The number of benzene rings is 1. The van der Waals surface area contributed by atoms with Crippen LogP contribution in [-0.2, 0) is 0 Å². The fraction of sp³-hybridized carbons (Fsp3) is 0.731. The van der Waals surface area contributed by atoms with E-state index >= 15 is 0 Å². The molecule has 0 radical (unpaired) electrons. The molecule has 3 N–H and O–H groups in total. The molecule has 0 aromatic heterocycles. The van der Waals surface area contributed by atoms with Crippen molar-refractivity contribution in [2.24, 2.45) is 17.8 Å². The second-order valence-electron chi connectivity index (χ2n) is 11.0. The van der Waals surface area contributed by atoms with E-state index < -0.39 is 5.72 Å². The van der Waals surface area contributed by atoms with Gasteiger partial charge in [-0.15, -0.1) is 0 Å². The van der Waals surface area contributed by atoms with E-state index in [2.05, 4.69) is 22.3 Å². The quantitative estimate of drug-likeness (QED) is 0.501. The fourth-order valence-electron chi connectivity index (χ4n) is 7.97. The molecule has 0 spiro atoms. The van der Waals surface area contributed by atoms with Gasteiger partial charge in [0, 0.05) is 48.0 Å². The third kappa shape index (κ3) is 3.31. The molecule has 3 aliphatic heterocycles. The highest BCUT2D eigenvalue weighted by Crippen LogP contribution is 2.57. The van der Waals surface area contributed by atoms with Gasteiger partial charge in [-0.25, -0.2) is 0 Å². The molecule has 5 heteroatoms. The summed E-state index contributed by atoms with van der Waals surface area (Å²) in [4.78, 5) is 13.5. The summed E-state index contributed by atoms with van der Waals surface area (Å²) in [6, 6.07) is 9.39. The SMILES string of the molecule is O=Cc1ccc(C(C2CCCC2)C2CC(C3CCC4C(O)CCC4N3)C3(O)CN23)cc1. The Labute approximate surface area is 185 Å². The van der Waals surface area contributed by atoms with Crippen LogP contribution >= 0.6 is 0 Å². The molecule has 2 aliphatic carbocycles. The standard InChI is InChI=1S/C26H36N2O3/c29-14-16-5-7-18(8-6-16)25(17-3-1-2-4-17)23-13-20(26(31)15-28(23)26)22-10-9-19-21(27-22)11-12-24(19)30/h5-8,14,17,19-25,27,30-31H,1-4,9-13,15H2. The first kappa shape index (κ1) is 20.3. The van der Waals surface area contributed by atoms with Crippen LogP contribution in [-0.4, -0.2) is 57.9 Å². The van der Waals surface area contributed by atoms with Crippen molar-refractivity contribution in [3.63, 3.8) is 0 Å². The van der Waals surface area contributed by atoms with Gasteiger partial charge >= 0.3 is 0 Å². The molecule has 5 nitrogen and oxygen atoms in total. The van der Waals surface area contributed by atoms with Crippen LogP contribution in [0.1, 0.15) is 79.6 Å². The predicted octanol–water partition coefficient (Wildman–Crippen LogP) is 3.06. The monoisotopic (exact) mass is 424 g/mol. The number of carbonyl (C=O) groups excluding carboxylic acids is 1. The Morgan fingerprint density at radius 2 is 1.77 bits per heavy atom. The van der Waals surface area contributed by atoms with Crippen molar-refractivity contribution in [1.29, 1.82) is 0 Å². The Balaban J connectivity index is 1.24. The predicted molar refractivity (Wildman–Crippen MR) is 119 cm³/mol. The molecule has 5 fully saturated rings. The molecule has 6 rings (SSSR count). The van der Waals surface area contributed by atoms with Crippen LogP contribution in [0.2, 0.25) is 0 Å². The zero-order valence-electron chi connectivity index (χ0n) is 18.3. The number of nitrogens with zero attached hydrogens (tertiary/aromatic N) is 1. The van der Waals surface area contributed by atoms with Gasteiger partial charge in [0.25, 0.3) is 0 Å². The van der Waals surface area contributed by atoms with Gasteiger partial charge in [-0.3, -0.25) is 9.69 Å². The third-order valence-corrected chi connectivity index (χ3v) is 9.58. The molecule has 5 aliphatic rings. The van der Waals surface area contributed by atoms with Gasteiger partial charge in [-0.05, 0) is 56.4 Å². The molecule has 31 heavy (non-hydrogen) atoms. The Hall–Kier alpha value is -1.27. The summed E-state index contributed by atoms with van der Waals surface area (Å²) < 4.78 is 0. The number of fused-ring (bicyclic) bond motifs is 2. The van der Waals surface area contributed by atoms with Gasteiger partial charge in [0.05, 0.1) is 6.10 Å². The smallest absolute Gasteiger partial charge is 0.150 e. The van der Waals surface area contributed by atoms with Crippen molar-refractivity contribution >= 4 is 6.29 Å². The van der Waals surface area contributed by atoms with Crippen molar-refractivity contribution in [3.8, 4) is 0 Å². The van der Waals surface area contributed by atoms with E-state index in [1.165, 1.54) is 31.2 Å². The average Bonchev–Trinajstić information content (AvgIpc) is 3.15. The number of rotatable bonds is 5. The number of aldehydes is 1. The van der Waals surface area contributed by atoms with E-state index in [0.717, 1.165) is 50.5 Å². The molecule has 2 saturated carbocycles. The lowest BCUT2D eigenvalue weighted by Crippen LogP contribution is -2.52. The average molecular weight is 425 g/mol. The van der Waals surface area contributed by atoms with Crippen LogP contribution < -0.4 is 5.32 Å². The number of hydrogen-bond donors (Lipinski definition) is 3. The Bertz CT molecular complexity index is 822. The number of carbonyl (C=O) groups is 1. The van der Waals surface area contributed by atoms with E-state index in [4.69, 9.17) is 0 Å². The molecule has 3 heterocycles. The number of piperidine rings is 2. The summed E-state index contributed by atoms with van der Waals surface area (Å²) >= 11 is 0. The number of aliphatic hydroxyl groups is 2. The number of nitrogens with one attached hydrogen (secondary N) is 1. The molecule has 9 atom stereocenters. The fourth-order valence-corrected chi connectivity index (χ4v) is 7.97. The third-order valence-electron chi connectivity index (χ3n) is 9.58. The zero-order valence-corrected chi connectivity index (χ0v) is 18.3. The minimum absolute atomic E-state index is 0.142. The number of hydrogen-bond acceptors (Lipinski definition) is 5. The lowest BCUT2D eigenvalue weighted by atomic mass is 9.74. The molecular weight excluding hydrogens is 388 g/mol. The summed E-state index contributed by atoms with van der Waals surface area (Å²) in [5, 5.41) is 25.7. The largest absolute Gasteiger partial charge is 0.393 e. The van der Waals surface area contributed by atoms with E-state index in [1.807, 2.05) is 12.1 Å². The van der Waals surface area contributed by atoms with Crippen LogP contribution in [0.15, 0.2) is 24.3 Å². The Kier molecular flexibility index (Phi) is 5.02. The normalized spacial score (nSPS) is 45.3. The van der Waals surface area contributed by atoms with Gasteiger partial charge < -0.3 is 15.5 Å². The zero-order chi connectivity index (χ0) is 21.2. The maximum Gasteiger partial charge on any atom is 0.150 e. The second-order valence-corrected chi connectivity index (χ2v) is 11.0. The highest BCUT2D eigenvalue weighted by molar-refractivity contribution is 5.74. The first-order valence-electron chi connectivity index (χ1n) is 12.6. The molecule has 1 aromatic carbocycles. The van der Waals surface area contributed by atoms with E-state index in [0.29, 0.717) is 35.9 Å². The Morgan fingerprint density at radius 3 is 2.52 bits per heavy atom. The maximum atomic E-state index is 11.6. The summed E-state index contributed by atoms with van der Waals surface area (Å²) in [7, 11) is 0. The highest BCUT2D eigenvalue weighted by atomic mass is 16.3. The molecule has 3 saturated heterocycles. The summed E-state index contributed by atoms with van der Waals surface area (Å²) in [5.74, 6) is 1.78. The first-order valence-corrected chi connectivity index (χ1v) is 12.6. The molecule has 0 bridgehead atoms. The van der Waals surface area contributed by atoms with E-state index in [1.54, 1.807) is 0 Å². The van der Waals surface area contributed by atoms with E-state index in [-0.39, 0.29) is 12.0 Å². The van der Waals surface area contributed by atoms with Crippen molar-refractivity contribution in [3.05, 3.63) is 35.4 Å². The lowest BCUT2D eigenvalue weighted by Gasteiger charge is -2.39. The minimum Gasteiger partial charge on any atom is -0.393 e. The molecular formula is C26H36N2O3. The van der Waals surface area contributed by atoms with Crippen molar-refractivity contribution in [2.45, 2.75) is 93.7 Å². The number of aliphatic hydroxyl groups excluding tert-OH is 1. The van der Waals surface area contributed by atoms with Crippen LogP contribution in [0.25, 0.3) is 0 Å². The van der Waals surface area contributed by atoms with Crippen molar-refractivity contribution in [1.82, 2.24) is 10.2 Å². The topological polar surface area (TPSA) is 72.6 Å². The molecule has 1 aromatic rings. The lowest BCUT2D eigenvalue weighted by molar-refractivity contribution is 0.0244. The molecule has 9 unspecified atom stereocenters. The summed E-state index contributed by atoms with van der Waals surface area (Å²) in [5.41, 5.74) is 1.43. The van der Waals surface area contributed by atoms with Crippen molar-refractivity contribution in [2.75, 3.05) is 6.54 Å². The van der Waals surface area contributed by atoms with Crippen LogP contribution in [0, 0.1) is 17.8 Å². The highest BCUT2D eigenvalue weighted by Gasteiger charge is 2.68. The van der Waals surface area contributed by atoms with Crippen LogP contribution in [0.3, 0.4) is 0 Å². The van der Waals surface area contributed by atoms with Crippen molar-refractivity contribution < 1.29 is 15.0 Å². The van der Waals surface area contributed by atoms with Gasteiger partial charge in [-0.1, -0.05) is 37.1 Å². The summed E-state index contributed by atoms with van der Waals surface area (Å²) in [6.07, 6.45) is 11.1. The van der Waals surface area contributed by atoms with E-state index in [9.17, 15) is 15.0 Å². The van der Waals surface area contributed by atoms with Gasteiger partial charge in [-0.2, -0.15) is 0 Å². The van der Waals surface area contributed by atoms with Gasteiger partial charge in [0.15, 0.2) is 0 Å². The first-order chi connectivity index (χ1) is 15.1. The van der Waals surface area contributed by atoms with Crippen LogP contribution in [0.4, 0.5) is 0 Å².